The number of aromatic amines is 1. The second kappa shape index (κ2) is 5.92. The number of benzene rings is 2. The third kappa shape index (κ3) is 2.43. The molecule has 0 saturated carbocycles. The van der Waals surface area contributed by atoms with E-state index >= 15 is 0 Å². The number of aromatic nitrogens is 3. The average molecular weight is 376 g/mol. The lowest BCUT2D eigenvalue weighted by Crippen LogP contribution is -2.32. The van der Waals surface area contributed by atoms with Gasteiger partial charge in [-0.1, -0.05) is 36.4 Å². The molecule has 2 aromatic heterocycles. The van der Waals surface area contributed by atoms with Crippen LogP contribution >= 0.6 is 0 Å². The Labute approximate surface area is 156 Å². The van der Waals surface area contributed by atoms with Gasteiger partial charge in [-0.05, 0) is 30.2 Å². The first-order chi connectivity index (χ1) is 13.2. The van der Waals surface area contributed by atoms with Gasteiger partial charge in [0.05, 0.1) is 16.8 Å². The molecule has 0 bridgehead atoms. The number of hydrogen-bond acceptors (Lipinski definition) is 4. The van der Waals surface area contributed by atoms with Crippen molar-refractivity contribution < 1.29 is 8.42 Å². The van der Waals surface area contributed by atoms with Crippen molar-refractivity contribution >= 4 is 26.7 Å². The zero-order chi connectivity index (χ0) is 18.4. The Morgan fingerprint density at radius 2 is 1.74 bits per heavy atom. The monoisotopic (exact) mass is 376 g/mol. The first-order valence-corrected chi connectivity index (χ1v) is 10.1. The van der Waals surface area contributed by atoms with Crippen LogP contribution in [0.4, 0.5) is 5.69 Å². The fourth-order valence-corrected chi connectivity index (χ4v) is 5.17. The number of pyridine rings is 1. The van der Waals surface area contributed by atoms with Crippen LogP contribution in [0.3, 0.4) is 0 Å². The maximum Gasteiger partial charge on any atom is 0.264 e. The standard InChI is InChI=1S/C20H16N4O2S/c25-27(26,15-6-2-1-3-7-15)24-11-10-14-12-21-20-17(13-22-23-20)19(14)16-8-4-5-9-18(16)24/h1-9,12-13H,10-11H2,(H,21,22,23). The van der Waals surface area contributed by atoms with Gasteiger partial charge in [-0.15, -0.1) is 0 Å². The molecule has 1 aliphatic heterocycles. The Morgan fingerprint density at radius 1 is 0.963 bits per heavy atom. The molecule has 5 rings (SSSR count). The maximum atomic E-state index is 13.4. The summed E-state index contributed by atoms with van der Waals surface area (Å²) in [6.45, 7) is 0.353. The number of anilines is 1. The highest BCUT2D eigenvalue weighted by molar-refractivity contribution is 7.92. The van der Waals surface area contributed by atoms with Gasteiger partial charge in [-0.3, -0.25) is 9.40 Å². The molecule has 0 amide bonds. The van der Waals surface area contributed by atoms with Crippen molar-refractivity contribution in [3.63, 3.8) is 0 Å². The summed E-state index contributed by atoms with van der Waals surface area (Å²) in [6.07, 6.45) is 4.13. The van der Waals surface area contributed by atoms with Gasteiger partial charge in [0.1, 0.15) is 0 Å². The number of hydrogen-bond donors (Lipinski definition) is 1. The minimum absolute atomic E-state index is 0.289. The van der Waals surface area contributed by atoms with Crippen LogP contribution in [0.2, 0.25) is 0 Å². The molecule has 0 atom stereocenters. The van der Waals surface area contributed by atoms with Crippen molar-refractivity contribution in [2.45, 2.75) is 11.3 Å². The van der Waals surface area contributed by atoms with Crippen LogP contribution in [-0.4, -0.2) is 30.1 Å². The minimum atomic E-state index is -3.67. The molecule has 6 nitrogen and oxygen atoms in total. The second-order valence-electron chi connectivity index (χ2n) is 6.45. The molecule has 0 unspecified atom stereocenters. The van der Waals surface area contributed by atoms with E-state index in [-0.39, 0.29) is 4.90 Å². The van der Waals surface area contributed by atoms with Gasteiger partial charge in [-0.25, -0.2) is 13.4 Å². The zero-order valence-corrected chi connectivity index (χ0v) is 15.1. The van der Waals surface area contributed by atoms with Crippen molar-refractivity contribution in [3.05, 3.63) is 72.6 Å². The van der Waals surface area contributed by atoms with E-state index in [9.17, 15) is 8.42 Å². The predicted octanol–water partition coefficient (Wildman–Crippen LogP) is 3.38. The van der Waals surface area contributed by atoms with E-state index in [1.165, 1.54) is 4.31 Å². The number of nitrogens with one attached hydrogen (secondary N) is 1. The fourth-order valence-electron chi connectivity index (χ4n) is 3.66. The van der Waals surface area contributed by atoms with Crippen LogP contribution in [0.5, 0.6) is 0 Å². The fraction of sp³-hybridized carbons (Fsp3) is 0.100. The molecule has 27 heavy (non-hydrogen) atoms. The van der Waals surface area contributed by atoms with Gasteiger partial charge >= 0.3 is 0 Å². The summed E-state index contributed by atoms with van der Waals surface area (Å²) >= 11 is 0. The van der Waals surface area contributed by atoms with Crippen LogP contribution < -0.4 is 4.31 Å². The van der Waals surface area contributed by atoms with Gasteiger partial charge in [0, 0.05) is 29.3 Å². The molecule has 4 aromatic rings. The maximum absolute atomic E-state index is 13.4. The van der Waals surface area contributed by atoms with Gasteiger partial charge in [-0.2, -0.15) is 5.10 Å². The van der Waals surface area contributed by atoms with Crippen molar-refractivity contribution in [1.29, 1.82) is 0 Å². The van der Waals surface area contributed by atoms with Gasteiger partial charge in [0.25, 0.3) is 10.0 Å². The highest BCUT2D eigenvalue weighted by Gasteiger charge is 2.30. The van der Waals surface area contributed by atoms with E-state index in [0.717, 1.165) is 22.1 Å². The van der Waals surface area contributed by atoms with E-state index in [1.54, 1.807) is 30.5 Å². The molecule has 3 heterocycles. The van der Waals surface area contributed by atoms with Crippen molar-refractivity contribution in [2.24, 2.45) is 0 Å². The SMILES string of the molecule is O=S(=O)(c1ccccc1)N1CCc2cnc3[nH]ncc3c2-c2ccccc21. The number of sulfonamides is 1. The summed E-state index contributed by atoms with van der Waals surface area (Å²) in [6, 6.07) is 16.2. The quantitative estimate of drug-likeness (QED) is 0.582. The third-order valence-corrected chi connectivity index (χ3v) is 6.74. The lowest BCUT2D eigenvalue weighted by Gasteiger charge is -2.24. The van der Waals surface area contributed by atoms with Crippen LogP contribution in [0, 0.1) is 0 Å². The van der Waals surface area contributed by atoms with Crippen molar-refractivity contribution in [2.75, 3.05) is 10.8 Å². The predicted molar refractivity (Wildman–Crippen MR) is 104 cm³/mol. The first kappa shape index (κ1) is 16.0. The molecule has 0 saturated heterocycles. The number of H-pyrrole nitrogens is 1. The smallest absolute Gasteiger partial charge is 0.264 e. The number of rotatable bonds is 2. The summed E-state index contributed by atoms with van der Waals surface area (Å²) in [4.78, 5) is 4.72. The molecule has 0 aliphatic carbocycles. The molecule has 1 N–H and O–H groups in total. The van der Waals surface area contributed by atoms with Gasteiger partial charge < -0.3 is 0 Å². The number of nitrogens with zero attached hydrogens (tertiary/aromatic N) is 3. The van der Waals surface area contributed by atoms with Gasteiger partial charge in [0.2, 0.25) is 0 Å². The summed E-state index contributed by atoms with van der Waals surface area (Å²) < 4.78 is 28.2. The van der Waals surface area contributed by atoms with Crippen LogP contribution in [0.25, 0.3) is 22.2 Å². The normalized spacial score (nSPS) is 13.9. The third-order valence-electron chi connectivity index (χ3n) is 4.92. The van der Waals surface area contributed by atoms with E-state index in [1.807, 2.05) is 36.5 Å². The molecule has 7 heteroatoms. The topological polar surface area (TPSA) is 79.0 Å². The summed E-state index contributed by atoms with van der Waals surface area (Å²) in [5.74, 6) is 0. The molecular formula is C20H16N4O2S. The molecule has 0 spiro atoms. The Morgan fingerprint density at radius 3 is 2.59 bits per heavy atom. The van der Waals surface area contributed by atoms with Crippen molar-refractivity contribution in [1.82, 2.24) is 15.2 Å². The second-order valence-corrected chi connectivity index (χ2v) is 8.31. The molecule has 2 aromatic carbocycles. The lowest BCUT2D eigenvalue weighted by atomic mass is 9.97. The molecule has 134 valence electrons. The van der Waals surface area contributed by atoms with Gasteiger partial charge in [0.15, 0.2) is 5.65 Å². The van der Waals surface area contributed by atoms with Crippen LogP contribution in [0.1, 0.15) is 5.56 Å². The van der Waals surface area contributed by atoms with E-state index in [4.69, 9.17) is 0 Å². The lowest BCUT2D eigenvalue weighted by molar-refractivity contribution is 0.591. The van der Waals surface area contributed by atoms with Crippen molar-refractivity contribution in [3.8, 4) is 11.1 Å². The Hall–Kier alpha value is -3.19. The zero-order valence-electron chi connectivity index (χ0n) is 14.3. The Kier molecular flexibility index (Phi) is 3.51. The number of fused-ring (bicyclic) bond motifs is 5. The molecule has 1 aliphatic rings. The highest BCUT2D eigenvalue weighted by atomic mass is 32.2. The van der Waals surface area contributed by atoms with E-state index in [0.29, 0.717) is 24.3 Å². The summed E-state index contributed by atoms with van der Waals surface area (Å²) in [5, 5.41) is 7.91. The number of para-hydroxylation sites is 1. The summed E-state index contributed by atoms with van der Waals surface area (Å²) in [7, 11) is -3.67. The molecule has 0 radical (unpaired) electrons. The Bertz CT molecular complexity index is 1250. The first-order valence-electron chi connectivity index (χ1n) is 8.64. The average Bonchev–Trinajstić information content (AvgIpc) is 3.11. The molecular weight excluding hydrogens is 360 g/mol. The summed E-state index contributed by atoms with van der Waals surface area (Å²) in [5.41, 5.74) is 4.26. The van der Waals surface area contributed by atoms with E-state index < -0.39 is 10.0 Å². The van der Waals surface area contributed by atoms with E-state index in [2.05, 4.69) is 15.2 Å². The van der Waals surface area contributed by atoms with Crippen LogP contribution in [0.15, 0.2) is 71.9 Å². The highest BCUT2D eigenvalue weighted by Crippen LogP contribution is 2.41. The minimum Gasteiger partial charge on any atom is -0.265 e. The molecule has 0 fully saturated rings. The van der Waals surface area contributed by atoms with Crippen LogP contribution in [-0.2, 0) is 16.4 Å². The largest absolute Gasteiger partial charge is 0.265 e. The Balaban J connectivity index is 1.77.